The van der Waals surface area contributed by atoms with Gasteiger partial charge in [0.15, 0.2) is 0 Å². The van der Waals surface area contributed by atoms with Crippen LogP contribution in [0.25, 0.3) is 0 Å². The number of carbonyl (C=O) groups excluding carboxylic acids is 2. The summed E-state index contributed by atoms with van der Waals surface area (Å²) in [4.78, 5) is 27.8. The van der Waals surface area contributed by atoms with Crippen LogP contribution in [0.15, 0.2) is 54.6 Å². The Morgan fingerprint density at radius 1 is 1.05 bits per heavy atom. The average molecular weight is 517 g/mol. The van der Waals surface area contributed by atoms with Gasteiger partial charge in [0.2, 0.25) is 5.91 Å². The zero-order valence-electron chi connectivity index (χ0n) is 21.2. The zero-order chi connectivity index (χ0) is 26.5. The quantitative estimate of drug-likeness (QED) is 0.444. The largest absolute Gasteiger partial charge is 0.469 e. The maximum atomic E-state index is 13.1. The molecule has 2 aliphatic rings. The number of methoxy groups -OCH3 is 1. The van der Waals surface area contributed by atoms with E-state index in [0.717, 1.165) is 37.0 Å². The van der Waals surface area contributed by atoms with Gasteiger partial charge in [-0.1, -0.05) is 48.9 Å². The third kappa shape index (κ3) is 6.72. The molecule has 0 aromatic heterocycles. The van der Waals surface area contributed by atoms with Crippen LogP contribution in [0.2, 0.25) is 0 Å². The monoisotopic (exact) mass is 516 g/mol. The van der Waals surface area contributed by atoms with Crippen molar-refractivity contribution in [2.24, 2.45) is 11.3 Å². The van der Waals surface area contributed by atoms with Crippen molar-refractivity contribution in [3.63, 3.8) is 0 Å². The van der Waals surface area contributed by atoms with E-state index in [2.05, 4.69) is 10.2 Å². The predicted molar refractivity (Wildman–Crippen MR) is 135 cm³/mol. The number of amides is 1. The molecule has 1 N–H and O–H groups in total. The van der Waals surface area contributed by atoms with Crippen LogP contribution in [0.4, 0.5) is 13.2 Å². The van der Waals surface area contributed by atoms with Crippen molar-refractivity contribution in [2.75, 3.05) is 26.7 Å². The van der Waals surface area contributed by atoms with Gasteiger partial charge in [0.1, 0.15) is 0 Å². The highest BCUT2D eigenvalue weighted by Gasteiger charge is 2.42. The van der Waals surface area contributed by atoms with Crippen molar-refractivity contribution in [2.45, 2.75) is 57.2 Å². The van der Waals surface area contributed by atoms with Crippen LogP contribution < -0.4 is 5.32 Å². The highest BCUT2D eigenvalue weighted by molar-refractivity contribution is 5.80. The number of hydrogen-bond acceptors (Lipinski definition) is 4. The van der Waals surface area contributed by atoms with Crippen molar-refractivity contribution in [3.8, 4) is 0 Å². The molecule has 2 aromatic carbocycles. The first kappa shape index (κ1) is 27.2. The van der Waals surface area contributed by atoms with Crippen molar-refractivity contribution < 1.29 is 27.5 Å². The van der Waals surface area contributed by atoms with Gasteiger partial charge in [-0.25, -0.2) is 0 Å². The second kappa shape index (κ2) is 11.7. The van der Waals surface area contributed by atoms with Crippen LogP contribution in [0.3, 0.4) is 0 Å². The zero-order valence-corrected chi connectivity index (χ0v) is 21.2. The van der Waals surface area contributed by atoms with Gasteiger partial charge in [0.25, 0.3) is 0 Å². The second-order valence-corrected chi connectivity index (χ2v) is 10.4. The molecule has 4 rings (SSSR count). The molecule has 2 fully saturated rings. The molecule has 1 aliphatic carbocycles. The average Bonchev–Trinajstić information content (AvgIpc) is 2.86. The number of piperidine rings is 1. The molecule has 1 saturated carbocycles. The molecule has 0 bridgehead atoms. The number of nitrogens with one attached hydrogen (secondary N) is 1. The lowest BCUT2D eigenvalue weighted by Gasteiger charge is -2.40. The van der Waals surface area contributed by atoms with Crippen molar-refractivity contribution in [3.05, 3.63) is 71.3 Å². The summed E-state index contributed by atoms with van der Waals surface area (Å²) in [6.07, 6.45) is 0.865. The van der Waals surface area contributed by atoms with Crippen LogP contribution in [0.1, 0.15) is 61.3 Å². The minimum absolute atomic E-state index is 0.00871. The molecule has 1 aliphatic heterocycles. The minimum atomic E-state index is -4.40. The van der Waals surface area contributed by atoms with E-state index in [-0.39, 0.29) is 23.8 Å². The van der Waals surface area contributed by atoms with Gasteiger partial charge in [0.05, 0.1) is 24.1 Å². The maximum absolute atomic E-state index is 13.1. The molecule has 0 unspecified atom stereocenters. The number of esters is 1. The summed E-state index contributed by atoms with van der Waals surface area (Å²) in [6.45, 7) is 2.08. The van der Waals surface area contributed by atoms with E-state index >= 15 is 0 Å². The van der Waals surface area contributed by atoms with Gasteiger partial charge >= 0.3 is 12.1 Å². The van der Waals surface area contributed by atoms with Crippen LogP contribution in [-0.2, 0) is 26.9 Å². The van der Waals surface area contributed by atoms with E-state index in [1.54, 1.807) is 0 Å². The first-order chi connectivity index (χ1) is 17.7. The van der Waals surface area contributed by atoms with E-state index in [1.807, 2.05) is 30.3 Å². The Hall–Kier alpha value is -2.87. The van der Waals surface area contributed by atoms with E-state index in [1.165, 1.54) is 19.2 Å². The Bertz CT molecular complexity index is 1040. The van der Waals surface area contributed by atoms with Crippen molar-refractivity contribution in [1.82, 2.24) is 10.2 Å². The van der Waals surface area contributed by atoms with E-state index in [9.17, 15) is 22.8 Å². The number of likely N-dealkylation sites (tertiary alicyclic amines) is 1. The number of benzene rings is 2. The molecule has 1 amide bonds. The standard InChI is InChI=1S/C29H35F3N2O3/c1-37-27(36)28(20-21-6-3-2-4-7-21)15-18-34(19-16-28)17-14-25(33-26(35)23-8-5-9-23)22-10-12-24(13-11-22)29(30,31)32/h2-4,6-7,10-13,23,25H,5,8-9,14-20H2,1H3,(H,33,35)/t25-/m0/s1. The third-order valence-corrected chi connectivity index (χ3v) is 7.98. The van der Waals surface area contributed by atoms with Gasteiger partial charge in [0, 0.05) is 12.5 Å². The molecular formula is C29H35F3N2O3. The van der Waals surface area contributed by atoms with Crippen molar-refractivity contribution in [1.29, 1.82) is 0 Å². The van der Waals surface area contributed by atoms with Gasteiger partial charge in [-0.15, -0.1) is 0 Å². The molecular weight excluding hydrogens is 481 g/mol. The molecule has 1 saturated heterocycles. The van der Waals surface area contributed by atoms with Crippen LogP contribution in [0.5, 0.6) is 0 Å². The Labute approximate surface area is 216 Å². The Kier molecular flexibility index (Phi) is 8.57. The van der Waals surface area contributed by atoms with Gasteiger partial charge in [-0.3, -0.25) is 9.59 Å². The number of hydrogen-bond donors (Lipinski definition) is 1. The fourth-order valence-electron chi connectivity index (χ4n) is 5.36. The summed E-state index contributed by atoms with van der Waals surface area (Å²) in [5.74, 6) is -0.223. The summed E-state index contributed by atoms with van der Waals surface area (Å²) < 4.78 is 44.4. The summed E-state index contributed by atoms with van der Waals surface area (Å²) in [5.41, 5.74) is 0.500. The lowest BCUT2D eigenvalue weighted by molar-refractivity contribution is -0.156. The molecule has 0 radical (unpaired) electrons. The number of rotatable bonds is 9. The summed E-state index contributed by atoms with van der Waals surface area (Å²) >= 11 is 0. The SMILES string of the molecule is COC(=O)C1(Cc2ccccc2)CCN(CC[C@H](NC(=O)C2CCC2)c2ccc(C(F)(F)F)cc2)CC1. The van der Waals surface area contributed by atoms with E-state index in [0.29, 0.717) is 50.9 Å². The summed E-state index contributed by atoms with van der Waals surface area (Å²) in [6, 6.07) is 14.6. The first-order valence-corrected chi connectivity index (χ1v) is 13.0. The Balaban J connectivity index is 1.40. The summed E-state index contributed by atoms with van der Waals surface area (Å²) in [5, 5.41) is 3.09. The summed E-state index contributed by atoms with van der Waals surface area (Å²) in [7, 11) is 1.43. The topological polar surface area (TPSA) is 58.6 Å². The number of nitrogens with zero attached hydrogens (tertiary/aromatic N) is 1. The van der Waals surface area contributed by atoms with E-state index < -0.39 is 17.2 Å². The lowest BCUT2D eigenvalue weighted by Crippen LogP contribution is -2.47. The highest BCUT2D eigenvalue weighted by Crippen LogP contribution is 2.37. The van der Waals surface area contributed by atoms with Crippen LogP contribution >= 0.6 is 0 Å². The molecule has 37 heavy (non-hydrogen) atoms. The highest BCUT2D eigenvalue weighted by atomic mass is 19.4. The van der Waals surface area contributed by atoms with E-state index in [4.69, 9.17) is 4.74 Å². The van der Waals surface area contributed by atoms with Crippen molar-refractivity contribution >= 4 is 11.9 Å². The Morgan fingerprint density at radius 2 is 1.70 bits per heavy atom. The molecule has 5 nitrogen and oxygen atoms in total. The minimum Gasteiger partial charge on any atom is -0.469 e. The predicted octanol–water partition coefficient (Wildman–Crippen LogP) is 5.55. The molecule has 1 heterocycles. The molecule has 1 atom stereocenters. The first-order valence-electron chi connectivity index (χ1n) is 13.0. The molecule has 0 spiro atoms. The normalized spacial score (nSPS) is 19.0. The maximum Gasteiger partial charge on any atom is 0.416 e. The molecule has 2 aromatic rings. The molecule has 8 heteroatoms. The number of halogens is 3. The fourth-order valence-corrected chi connectivity index (χ4v) is 5.36. The van der Waals surface area contributed by atoms with Crippen LogP contribution in [-0.4, -0.2) is 43.5 Å². The number of ether oxygens (including phenoxy) is 1. The number of alkyl halides is 3. The van der Waals surface area contributed by atoms with Gasteiger partial charge < -0.3 is 15.0 Å². The smallest absolute Gasteiger partial charge is 0.416 e. The lowest BCUT2D eigenvalue weighted by atomic mass is 9.73. The Morgan fingerprint density at radius 3 is 2.24 bits per heavy atom. The third-order valence-electron chi connectivity index (χ3n) is 7.98. The fraction of sp³-hybridized carbons (Fsp3) is 0.517. The van der Waals surface area contributed by atoms with Gasteiger partial charge in [-0.05, 0) is 74.9 Å². The van der Waals surface area contributed by atoms with Crippen LogP contribution in [0, 0.1) is 11.3 Å². The second-order valence-electron chi connectivity index (χ2n) is 10.4. The molecule has 200 valence electrons. The number of carbonyl (C=O) groups is 2. The van der Waals surface area contributed by atoms with Gasteiger partial charge in [-0.2, -0.15) is 13.2 Å².